The Morgan fingerprint density at radius 2 is 2.12 bits per heavy atom. The van der Waals surface area contributed by atoms with Crippen molar-refractivity contribution in [1.82, 2.24) is 15.6 Å². The first kappa shape index (κ1) is 21.2. The van der Waals surface area contributed by atoms with Gasteiger partial charge in [0.2, 0.25) is 0 Å². The van der Waals surface area contributed by atoms with E-state index in [-0.39, 0.29) is 35.0 Å². The number of nitrogens with one attached hydrogen (secondary N) is 2. The molecule has 136 valence electrons. The molecule has 6 heteroatoms. The molecule has 2 rings (SSSR count). The smallest absolute Gasteiger partial charge is 0.191 e. The Balaban J connectivity index is 0.00000288. The van der Waals surface area contributed by atoms with Gasteiger partial charge in [-0.2, -0.15) is 0 Å². The molecule has 1 heterocycles. The number of hydrogen-bond donors (Lipinski definition) is 2. The second-order valence-electron chi connectivity index (χ2n) is 6.89. The molecule has 1 fully saturated rings. The van der Waals surface area contributed by atoms with Crippen molar-refractivity contribution >= 4 is 29.9 Å². The predicted molar refractivity (Wildman–Crippen MR) is 110 cm³/mol. The third-order valence-electron chi connectivity index (χ3n) is 5.30. The Morgan fingerprint density at radius 1 is 1.38 bits per heavy atom. The number of aliphatic imine (C=N–C) groups is 1. The second kappa shape index (κ2) is 8.99. The SMILES string of the molecule is CCNC(=NCCc1ccccn1)NC1CC(C)(OC)C1(C)C.I. The van der Waals surface area contributed by atoms with Crippen LogP contribution in [0.1, 0.15) is 39.8 Å². The van der Waals surface area contributed by atoms with Gasteiger partial charge in [0.15, 0.2) is 5.96 Å². The highest BCUT2D eigenvalue weighted by Gasteiger charge is 2.58. The van der Waals surface area contributed by atoms with Crippen LogP contribution in [0.15, 0.2) is 29.4 Å². The third kappa shape index (κ3) is 4.59. The highest BCUT2D eigenvalue weighted by molar-refractivity contribution is 14.0. The lowest BCUT2D eigenvalue weighted by Gasteiger charge is -2.59. The van der Waals surface area contributed by atoms with Gasteiger partial charge in [-0.25, -0.2) is 0 Å². The van der Waals surface area contributed by atoms with Crippen molar-refractivity contribution in [1.29, 1.82) is 0 Å². The van der Waals surface area contributed by atoms with Crippen LogP contribution in [-0.4, -0.2) is 42.8 Å². The lowest BCUT2D eigenvalue weighted by Crippen LogP contribution is -2.69. The summed E-state index contributed by atoms with van der Waals surface area (Å²) >= 11 is 0. The van der Waals surface area contributed by atoms with E-state index in [0.29, 0.717) is 6.04 Å². The highest BCUT2D eigenvalue weighted by atomic mass is 127. The molecule has 0 aliphatic heterocycles. The summed E-state index contributed by atoms with van der Waals surface area (Å²) in [4.78, 5) is 9.02. The molecular weight excluding hydrogens is 415 g/mol. The van der Waals surface area contributed by atoms with Crippen LogP contribution in [0.3, 0.4) is 0 Å². The van der Waals surface area contributed by atoms with Crippen molar-refractivity contribution < 1.29 is 4.74 Å². The van der Waals surface area contributed by atoms with Crippen molar-refractivity contribution in [2.75, 3.05) is 20.2 Å². The molecule has 0 radical (unpaired) electrons. The molecule has 2 unspecified atom stereocenters. The normalized spacial score (nSPS) is 25.4. The van der Waals surface area contributed by atoms with Crippen LogP contribution >= 0.6 is 24.0 Å². The number of hydrogen-bond acceptors (Lipinski definition) is 3. The number of halogens is 1. The predicted octanol–water partition coefficient (Wildman–Crippen LogP) is 3.00. The van der Waals surface area contributed by atoms with Gasteiger partial charge >= 0.3 is 0 Å². The van der Waals surface area contributed by atoms with Gasteiger partial charge in [0.25, 0.3) is 0 Å². The van der Waals surface area contributed by atoms with Gasteiger partial charge in [-0.1, -0.05) is 19.9 Å². The first-order valence-electron chi connectivity index (χ1n) is 8.43. The monoisotopic (exact) mass is 446 g/mol. The van der Waals surface area contributed by atoms with E-state index >= 15 is 0 Å². The maximum absolute atomic E-state index is 5.69. The minimum Gasteiger partial charge on any atom is -0.378 e. The molecule has 2 N–H and O–H groups in total. The van der Waals surface area contributed by atoms with E-state index in [9.17, 15) is 0 Å². The highest BCUT2D eigenvalue weighted by Crippen LogP contribution is 2.51. The number of ether oxygens (including phenoxy) is 1. The largest absolute Gasteiger partial charge is 0.378 e. The van der Waals surface area contributed by atoms with E-state index in [1.54, 1.807) is 7.11 Å². The minimum atomic E-state index is -0.0735. The first-order chi connectivity index (χ1) is 10.9. The Morgan fingerprint density at radius 3 is 2.67 bits per heavy atom. The topological polar surface area (TPSA) is 58.5 Å². The summed E-state index contributed by atoms with van der Waals surface area (Å²) in [6, 6.07) is 6.34. The molecule has 1 aliphatic carbocycles. The number of pyridine rings is 1. The number of rotatable bonds is 6. The zero-order valence-corrected chi connectivity index (χ0v) is 17.8. The lowest BCUT2D eigenvalue weighted by atomic mass is 9.56. The second-order valence-corrected chi connectivity index (χ2v) is 6.89. The Bertz CT molecular complexity index is 535. The summed E-state index contributed by atoms with van der Waals surface area (Å²) in [7, 11) is 1.80. The number of nitrogens with zero attached hydrogens (tertiary/aromatic N) is 2. The van der Waals surface area contributed by atoms with Crippen molar-refractivity contribution in [2.45, 2.75) is 52.2 Å². The molecule has 2 atom stereocenters. The molecule has 0 saturated heterocycles. The molecule has 24 heavy (non-hydrogen) atoms. The number of guanidine groups is 1. The van der Waals surface area contributed by atoms with Crippen molar-refractivity contribution in [3.05, 3.63) is 30.1 Å². The summed E-state index contributed by atoms with van der Waals surface area (Å²) in [6.45, 7) is 10.3. The van der Waals surface area contributed by atoms with E-state index < -0.39 is 0 Å². The lowest BCUT2D eigenvalue weighted by molar-refractivity contribution is -0.176. The van der Waals surface area contributed by atoms with Crippen molar-refractivity contribution in [2.24, 2.45) is 10.4 Å². The Hall–Kier alpha value is -0.890. The standard InChI is InChI=1S/C18H30N4O.HI/c1-6-19-16(21-12-10-14-9-7-8-11-20-14)22-15-13-18(4,23-5)17(15,2)3;/h7-9,11,15H,6,10,12-13H2,1-5H3,(H2,19,21,22);1H. The molecule has 5 nitrogen and oxygen atoms in total. The fourth-order valence-electron chi connectivity index (χ4n) is 3.04. The summed E-state index contributed by atoms with van der Waals surface area (Å²) in [5.74, 6) is 0.875. The molecule has 1 aromatic rings. The van der Waals surface area contributed by atoms with Gasteiger partial charge in [-0.3, -0.25) is 9.98 Å². The van der Waals surface area contributed by atoms with Crippen LogP contribution in [0.25, 0.3) is 0 Å². The van der Waals surface area contributed by atoms with Gasteiger partial charge in [0, 0.05) is 50.0 Å². The molecule has 0 aromatic carbocycles. The summed E-state index contributed by atoms with van der Waals surface area (Å²) in [5.41, 5.74) is 1.07. The molecule has 1 aromatic heterocycles. The molecule has 1 saturated carbocycles. The van der Waals surface area contributed by atoms with Crippen LogP contribution in [0, 0.1) is 5.41 Å². The fraction of sp³-hybridized carbons (Fsp3) is 0.667. The number of methoxy groups -OCH3 is 1. The fourth-order valence-corrected chi connectivity index (χ4v) is 3.04. The zero-order valence-electron chi connectivity index (χ0n) is 15.4. The number of aromatic nitrogens is 1. The van der Waals surface area contributed by atoms with Gasteiger partial charge in [-0.15, -0.1) is 24.0 Å². The summed E-state index contributed by atoms with van der Waals surface area (Å²) < 4.78 is 5.69. The van der Waals surface area contributed by atoms with Gasteiger partial charge in [0.05, 0.1) is 5.60 Å². The van der Waals surface area contributed by atoms with Crippen molar-refractivity contribution in [3.63, 3.8) is 0 Å². The van der Waals surface area contributed by atoms with Gasteiger partial charge < -0.3 is 15.4 Å². The summed E-state index contributed by atoms with van der Waals surface area (Å²) in [6.07, 6.45) is 3.66. The van der Waals surface area contributed by atoms with Crippen LogP contribution < -0.4 is 10.6 Å². The molecule has 0 spiro atoms. The van der Waals surface area contributed by atoms with Gasteiger partial charge in [0.1, 0.15) is 0 Å². The van der Waals surface area contributed by atoms with Gasteiger partial charge in [-0.05, 0) is 32.4 Å². The van der Waals surface area contributed by atoms with Crippen LogP contribution in [0.4, 0.5) is 0 Å². The van der Waals surface area contributed by atoms with Crippen LogP contribution in [0.5, 0.6) is 0 Å². The summed E-state index contributed by atoms with van der Waals surface area (Å²) in [5, 5.41) is 6.89. The minimum absolute atomic E-state index is 0. The van der Waals surface area contributed by atoms with E-state index in [4.69, 9.17) is 4.74 Å². The molecule has 1 aliphatic rings. The zero-order chi connectivity index (χ0) is 16.9. The van der Waals surface area contributed by atoms with Crippen molar-refractivity contribution in [3.8, 4) is 0 Å². The maximum Gasteiger partial charge on any atom is 0.191 e. The average molecular weight is 446 g/mol. The van der Waals surface area contributed by atoms with E-state index in [2.05, 4.69) is 48.3 Å². The quantitative estimate of drug-likeness (QED) is 0.401. The molecule has 0 amide bonds. The Kier molecular flexibility index (Phi) is 7.92. The third-order valence-corrected chi connectivity index (χ3v) is 5.30. The maximum atomic E-state index is 5.69. The Labute approximate surface area is 163 Å². The molecular formula is C18H31IN4O. The van der Waals surface area contributed by atoms with E-state index in [1.165, 1.54) is 0 Å². The van der Waals surface area contributed by atoms with E-state index in [1.807, 2.05) is 24.4 Å². The van der Waals surface area contributed by atoms with Crippen LogP contribution in [-0.2, 0) is 11.2 Å². The molecule has 0 bridgehead atoms. The van der Waals surface area contributed by atoms with Crippen LogP contribution in [0.2, 0.25) is 0 Å². The van der Waals surface area contributed by atoms with E-state index in [0.717, 1.165) is 37.6 Å². The first-order valence-corrected chi connectivity index (χ1v) is 8.43. The average Bonchev–Trinajstić information content (AvgIpc) is 2.55.